The molecule has 0 aromatic carbocycles. The molecule has 0 aliphatic heterocycles. The fourth-order valence-corrected chi connectivity index (χ4v) is 1.62. The lowest BCUT2D eigenvalue weighted by Crippen LogP contribution is -2.23. The lowest BCUT2D eigenvalue weighted by atomic mass is 10.3. The molecule has 2 aromatic rings. The highest BCUT2D eigenvalue weighted by Crippen LogP contribution is 2.04. The Bertz CT molecular complexity index is 526. The van der Waals surface area contributed by atoms with Crippen molar-refractivity contribution in [3.05, 3.63) is 22.4 Å². The van der Waals surface area contributed by atoms with Gasteiger partial charge in [-0.1, -0.05) is 13.3 Å². The van der Waals surface area contributed by atoms with Gasteiger partial charge in [-0.05, 0) is 13.3 Å². The average Bonchev–Trinajstić information content (AvgIpc) is 2.65. The van der Waals surface area contributed by atoms with E-state index in [9.17, 15) is 4.79 Å². The number of H-pyrrole nitrogens is 1. The van der Waals surface area contributed by atoms with Gasteiger partial charge < -0.3 is 0 Å². The number of aromatic nitrogens is 4. The number of fused-ring (bicyclic) bond motifs is 1. The van der Waals surface area contributed by atoms with Crippen molar-refractivity contribution in [3.63, 3.8) is 0 Å². The lowest BCUT2D eigenvalue weighted by molar-refractivity contribution is 0.591. The van der Waals surface area contributed by atoms with Crippen LogP contribution in [0.1, 0.15) is 25.6 Å². The zero-order chi connectivity index (χ0) is 10.8. The zero-order valence-electron chi connectivity index (χ0n) is 8.95. The summed E-state index contributed by atoms with van der Waals surface area (Å²) in [6.45, 7) is 4.68. The quantitative estimate of drug-likeness (QED) is 0.821. The van der Waals surface area contributed by atoms with Gasteiger partial charge >= 0.3 is 0 Å². The van der Waals surface area contributed by atoms with Crippen LogP contribution >= 0.6 is 0 Å². The molecule has 2 rings (SSSR count). The monoisotopic (exact) mass is 206 g/mol. The number of aromatic amines is 1. The Kier molecular flexibility index (Phi) is 2.53. The summed E-state index contributed by atoms with van der Waals surface area (Å²) < 4.78 is 1.71. The first kappa shape index (κ1) is 9.89. The standard InChI is InChI=1S/C10H14N4O/c1-3-4-5-14-7(2)12-9-8(10(14)15)6-11-13-9/h6H,3-5H2,1-2H3,(H,11,13). The Morgan fingerprint density at radius 1 is 1.53 bits per heavy atom. The Morgan fingerprint density at radius 3 is 3.07 bits per heavy atom. The van der Waals surface area contributed by atoms with Crippen LogP contribution < -0.4 is 5.56 Å². The Balaban J connectivity index is 2.57. The highest BCUT2D eigenvalue weighted by atomic mass is 16.1. The van der Waals surface area contributed by atoms with Crippen molar-refractivity contribution in [2.75, 3.05) is 0 Å². The summed E-state index contributed by atoms with van der Waals surface area (Å²) in [5.74, 6) is 0.741. The second-order valence-corrected chi connectivity index (χ2v) is 3.60. The summed E-state index contributed by atoms with van der Waals surface area (Å²) >= 11 is 0. The summed E-state index contributed by atoms with van der Waals surface area (Å²) in [5, 5.41) is 7.10. The van der Waals surface area contributed by atoms with Crippen molar-refractivity contribution in [3.8, 4) is 0 Å². The minimum Gasteiger partial charge on any atom is -0.296 e. The van der Waals surface area contributed by atoms with E-state index in [1.807, 2.05) is 6.92 Å². The zero-order valence-corrected chi connectivity index (χ0v) is 8.95. The molecular weight excluding hydrogens is 192 g/mol. The Labute approximate surface area is 87.1 Å². The van der Waals surface area contributed by atoms with E-state index >= 15 is 0 Å². The van der Waals surface area contributed by atoms with Gasteiger partial charge in [0.25, 0.3) is 5.56 Å². The second-order valence-electron chi connectivity index (χ2n) is 3.60. The summed E-state index contributed by atoms with van der Waals surface area (Å²) in [5.41, 5.74) is 0.574. The maximum Gasteiger partial charge on any atom is 0.264 e. The van der Waals surface area contributed by atoms with E-state index in [4.69, 9.17) is 0 Å². The van der Waals surface area contributed by atoms with Crippen molar-refractivity contribution in [2.24, 2.45) is 0 Å². The highest BCUT2D eigenvalue weighted by molar-refractivity contribution is 5.72. The molecule has 0 saturated carbocycles. The maximum absolute atomic E-state index is 12.0. The predicted molar refractivity (Wildman–Crippen MR) is 57.8 cm³/mol. The third-order valence-electron chi connectivity index (χ3n) is 2.49. The van der Waals surface area contributed by atoms with Crippen LogP contribution in [0.4, 0.5) is 0 Å². The minimum absolute atomic E-state index is 0.000278. The van der Waals surface area contributed by atoms with Gasteiger partial charge in [-0.25, -0.2) is 4.98 Å². The maximum atomic E-state index is 12.0. The van der Waals surface area contributed by atoms with Gasteiger partial charge in [0.2, 0.25) is 0 Å². The van der Waals surface area contributed by atoms with Gasteiger partial charge in [-0.3, -0.25) is 14.5 Å². The molecule has 15 heavy (non-hydrogen) atoms. The SMILES string of the molecule is CCCCn1c(C)nc2[nH]ncc2c1=O. The molecule has 0 radical (unpaired) electrons. The van der Waals surface area contributed by atoms with E-state index in [1.165, 1.54) is 6.20 Å². The molecule has 0 spiro atoms. The van der Waals surface area contributed by atoms with Gasteiger partial charge in [-0.2, -0.15) is 5.10 Å². The number of hydrogen-bond acceptors (Lipinski definition) is 3. The fourth-order valence-electron chi connectivity index (χ4n) is 1.62. The van der Waals surface area contributed by atoms with Crippen molar-refractivity contribution in [2.45, 2.75) is 33.2 Å². The Hall–Kier alpha value is -1.65. The third-order valence-corrected chi connectivity index (χ3v) is 2.49. The van der Waals surface area contributed by atoms with E-state index < -0.39 is 0 Å². The van der Waals surface area contributed by atoms with Gasteiger partial charge in [-0.15, -0.1) is 0 Å². The van der Waals surface area contributed by atoms with Crippen LogP contribution in [-0.2, 0) is 6.54 Å². The number of unbranched alkanes of at least 4 members (excludes halogenated alkanes) is 1. The van der Waals surface area contributed by atoms with Crippen LogP contribution in [0.2, 0.25) is 0 Å². The topological polar surface area (TPSA) is 63.6 Å². The summed E-state index contributed by atoms with van der Waals surface area (Å²) in [4.78, 5) is 16.3. The lowest BCUT2D eigenvalue weighted by Gasteiger charge is -2.07. The van der Waals surface area contributed by atoms with Crippen molar-refractivity contribution >= 4 is 11.0 Å². The first-order valence-corrected chi connectivity index (χ1v) is 5.14. The van der Waals surface area contributed by atoms with Crippen LogP contribution in [-0.4, -0.2) is 19.7 Å². The largest absolute Gasteiger partial charge is 0.296 e. The molecule has 5 nitrogen and oxygen atoms in total. The van der Waals surface area contributed by atoms with E-state index in [1.54, 1.807) is 4.57 Å². The number of rotatable bonds is 3. The van der Waals surface area contributed by atoms with Crippen LogP contribution in [0.25, 0.3) is 11.0 Å². The molecule has 1 N–H and O–H groups in total. The molecule has 0 amide bonds. The van der Waals surface area contributed by atoms with E-state index in [0.717, 1.165) is 25.2 Å². The van der Waals surface area contributed by atoms with Crippen LogP contribution in [0.3, 0.4) is 0 Å². The van der Waals surface area contributed by atoms with E-state index in [0.29, 0.717) is 11.0 Å². The smallest absolute Gasteiger partial charge is 0.264 e. The summed E-state index contributed by atoms with van der Waals surface area (Å²) in [6, 6.07) is 0. The highest BCUT2D eigenvalue weighted by Gasteiger charge is 2.08. The Morgan fingerprint density at radius 2 is 2.33 bits per heavy atom. The number of nitrogens with one attached hydrogen (secondary N) is 1. The van der Waals surface area contributed by atoms with Crippen molar-refractivity contribution in [1.82, 2.24) is 19.7 Å². The average molecular weight is 206 g/mol. The van der Waals surface area contributed by atoms with E-state index in [2.05, 4.69) is 22.1 Å². The predicted octanol–water partition coefficient (Wildman–Crippen LogP) is 1.23. The molecule has 0 aliphatic carbocycles. The van der Waals surface area contributed by atoms with E-state index in [-0.39, 0.29) is 5.56 Å². The van der Waals surface area contributed by atoms with Crippen molar-refractivity contribution < 1.29 is 0 Å². The molecule has 5 heteroatoms. The van der Waals surface area contributed by atoms with Crippen LogP contribution in [0, 0.1) is 6.92 Å². The normalized spacial score (nSPS) is 11.1. The summed E-state index contributed by atoms with van der Waals surface area (Å²) in [6.07, 6.45) is 3.59. The minimum atomic E-state index is -0.000278. The van der Waals surface area contributed by atoms with Gasteiger partial charge in [0.1, 0.15) is 11.2 Å². The van der Waals surface area contributed by atoms with Gasteiger partial charge in [0, 0.05) is 6.54 Å². The molecule has 0 saturated heterocycles. The molecule has 0 bridgehead atoms. The number of hydrogen-bond donors (Lipinski definition) is 1. The first-order chi connectivity index (χ1) is 7.24. The third kappa shape index (κ3) is 1.65. The molecule has 0 fully saturated rings. The molecule has 0 atom stereocenters. The molecule has 2 aromatic heterocycles. The second kappa shape index (κ2) is 3.84. The number of aryl methyl sites for hydroxylation is 1. The van der Waals surface area contributed by atoms with Gasteiger partial charge in [0.05, 0.1) is 6.20 Å². The summed E-state index contributed by atoms with van der Waals surface area (Å²) in [7, 11) is 0. The first-order valence-electron chi connectivity index (χ1n) is 5.14. The van der Waals surface area contributed by atoms with Crippen LogP contribution in [0.15, 0.2) is 11.0 Å². The molecule has 80 valence electrons. The van der Waals surface area contributed by atoms with Crippen molar-refractivity contribution in [1.29, 1.82) is 0 Å². The number of nitrogens with zero attached hydrogens (tertiary/aromatic N) is 3. The molecular formula is C10H14N4O. The molecule has 2 heterocycles. The fraction of sp³-hybridized carbons (Fsp3) is 0.500. The van der Waals surface area contributed by atoms with Crippen LogP contribution in [0.5, 0.6) is 0 Å². The van der Waals surface area contributed by atoms with Gasteiger partial charge in [0.15, 0.2) is 5.65 Å². The molecule has 0 unspecified atom stereocenters. The molecule has 0 aliphatic rings.